The second-order valence-corrected chi connectivity index (χ2v) is 8.26. The van der Waals surface area contributed by atoms with Crippen LogP contribution in [0.3, 0.4) is 0 Å². The topological polar surface area (TPSA) is 59.4 Å². The number of fused-ring (bicyclic) bond motifs is 1. The molecule has 1 aromatic carbocycles. The van der Waals surface area contributed by atoms with Crippen molar-refractivity contribution in [2.75, 3.05) is 32.1 Å². The van der Waals surface area contributed by atoms with Gasteiger partial charge in [-0.15, -0.1) is 0 Å². The van der Waals surface area contributed by atoms with E-state index >= 15 is 0 Å². The maximum absolute atomic E-state index is 13.2. The highest BCUT2D eigenvalue weighted by Crippen LogP contribution is 2.22. The number of aromatic nitrogens is 2. The van der Waals surface area contributed by atoms with Crippen molar-refractivity contribution in [1.29, 1.82) is 0 Å². The van der Waals surface area contributed by atoms with Gasteiger partial charge in [-0.25, -0.2) is 4.98 Å². The smallest absolute Gasteiger partial charge is 0.253 e. The number of imidazole rings is 1. The van der Waals surface area contributed by atoms with Crippen molar-refractivity contribution in [1.82, 2.24) is 14.5 Å². The average Bonchev–Trinajstić information content (AvgIpc) is 2.97. The zero-order valence-corrected chi connectivity index (χ0v) is 19.9. The van der Waals surface area contributed by atoms with E-state index in [1.165, 1.54) is 5.57 Å². The number of amides is 1. The van der Waals surface area contributed by atoms with Crippen LogP contribution in [0.2, 0.25) is 0 Å². The third kappa shape index (κ3) is 5.81. The Hall–Kier alpha value is -3.02. The molecule has 2 aromatic rings. The van der Waals surface area contributed by atoms with Crippen LogP contribution in [0.25, 0.3) is 11.0 Å². The molecule has 0 radical (unpaired) electrons. The van der Waals surface area contributed by atoms with Crippen molar-refractivity contribution < 1.29 is 9.53 Å². The predicted octanol–water partition coefficient (Wildman–Crippen LogP) is 5.44. The Morgan fingerprint density at radius 1 is 1.19 bits per heavy atom. The van der Waals surface area contributed by atoms with Gasteiger partial charge in [0.1, 0.15) is 5.76 Å². The minimum Gasteiger partial charge on any atom is -0.497 e. The van der Waals surface area contributed by atoms with E-state index in [2.05, 4.69) is 31.3 Å². The Bertz CT molecular complexity index is 1010. The number of benzene rings is 1. The van der Waals surface area contributed by atoms with Gasteiger partial charge in [0, 0.05) is 32.2 Å². The number of unbranched alkanes of at least 4 members (excludes halogenated alkanes) is 2. The molecule has 32 heavy (non-hydrogen) atoms. The maximum atomic E-state index is 13.2. The molecule has 6 heteroatoms. The number of methoxy groups -OCH3 is 1. The lowest BCUT2D eigenvalue weighted by Crippen LogP contribution is -2.32. The zero-order valence-electron chi connectivity index (χ0n) is 19.9. The van der Waals surface area contributed by atoms with Crippen molar-refractivity contribution in [3.8, 4) is 0 Å². The first-order valence-electron chi connectivity index (χ1n) is 11.7. The number of rotatable bonds is 11. The number of allylic oxidation sites excluding steroid dienone is 4. The highest BCUT2D eigenvalue weighted by molar-refractivity contribution is 5.97. The van der Waals surface area contributed by atoms with Gasteiger partial charge < -0.3 is 19.5 Å². The third-order valence-electron chi connectivity index (χ3n) is 5.83. The number of aryl methyl sites for hydroxylation is 1. The molecule has 0 saturated carbocycles. The van der Waals surface area contributed by atoms with Gasteiger partial charge in [-0.1, -0.05) is 38.8 Å². The number of nitrogens with one attached hydrogen (secondary N) is 1. The summed E-state index contributed by atoms with van der Waals surface area (Å²) in [6, 6.07) is 5.83. The molecular weight excluding hydrogens is 400 g/mol. The lowest BCUT2D eigenvalue weighted by Gasteiger charge is -2.22. The summed E-state index contributed by atoms with van der Waals surface area (Å²) in [4.78, 5) is 19.9. The summed E-state index contributed by atoms with van der Waals surface area (Å²) in [6.07, 6.45) is 13.3. The van der Waals surface area contributed by atoms with Crippen LogP contribution in [-0.2, 0) is 11.8 Å². The molecule has 0 spiro atoms. The SMILES string of the molecule is CCCCN(CCCC)C(=O)c1ccc2nc(NCC3=CC=C(OC)C=CC3)n(C)c2c1. The minimum absolute atomic E-state index is 0.112. The van der Waals surface area contributed by atoms with Gasteiger partial charge >= 0.3 is 0 Å². The molecule has 0 aliphatic heterocycles. The number of carbonyl (C=O) groups excluding carboxylic acids is 1. The third-order valence-corrected chi connectivity index (χ3v) is 5.83. The van der Waals surface area contributed by atoms with E-state index in [-0.39, 0.29) is 5.91 Å². The summed E-state index contributed by atoms with van der Waals surface area (Å²) in [5, 5.41) is 3.44. The fourth-order valence-corrected chi connectivity index (χ4v) is 3.79. The molecule has 0 bridgehead atoms. The summed E-state index contributed by atoms with van der Waals surface area (Å²) >= 11 is 0. The first-order chi connectivity index (χ1) is 15.6. The van der Waals surface area contributed by atoms with Crippen LogP contribution >= 0.6 is 0 Å². The molecule has 1 amide bonds. The number of anilines is 1. The Morgan fingerprint density at radius 2 is 1.94 bits per heavy atom. The highest BCUT2D eigenvalue weighted by atomic mass is 16.5. The maximum Gasteiger partial charge on any atom is 0.253 e. The van der Waals surface area contributed by atoms with E-state index < -0.39 is 0 Å². The molecule has 3 rings (SSSR count). The van der Waals surface area contributed by atoms with E-state index in [9.17, 15) is 4.79 Å². The monoisotopic (exact) mass is 436 g/mol. The summed E-state index contributed by atoms with van der Waals surface area (Å²) in [5.41, 5.74) is 3.82. The van der Waals surface area contributed by atoms with E-state index in [1.807, 2.05) is 46.9 Å². The van der Waals surface area contributed by atoms with Crippen LogP contribution in [-0.4, -0.2) is 47.1 Å². The summed E-state index contributed by atoms with van der Waals surface area (Å²) < 4.78 is 7.32. The van der Waals surface area contributed by atoms with Crippen LogP contribution < -0.4 is 5.32 Å². The van der Waals surface area contributed by atoms with E-state index in [0.29, 0.717) is 6.54 Å². The van der Waals surface area contributed by atoms with E-state index in [1.54, 1.807) is 7.11 Å². The average molecular weight is 437 g/mol. The molecule has 1 aliphatic carbocycles. The Balaban J connectivity index is 1.76. The molecule has 1 aliphatic rings. The van der Waals surface area contributed by atoms with Gasteiger partial charge in [0.25, 0.3) is 5.91 Å². The van der Waals surface area contributed by atoms with Gasteiger partial charge in [-0.2, -0.15) is 0 Å². The Kier molecular flexibility index (Phi) is 8.54. The van der Waals surface area contributed by atoms with E-state index in [4.69, 9.17) is 9.72 Å². The Morgan fingerprint density at radius 3 is 2.62 bits per heavy atom. The molecule has 0 unspecified atom stereocenters. The van der Waals surface area contributed by atoms with Crippen LogP contribution in [0.5, 0.6) is 0 Å². The second-order valence-electron chi connectivity index (χ2n) is 8.26. The van der Waals surface area contributed by atoms with Crippen molar-refractivity contribution in [2.45, 2.75) is 46.0 Å². The standard InChI is InChI=1S/C26H36N4O2/c1-5-7-16-30(17-8-6-2)25(31)21-13-15-23-24(18-21)29(3)26(28-23)27-19-20-10-9-11-22(32-4)14-12-20/h9,11-15,18H,5-8,10,16-17,19H2,1-4H3,(H,27,28). The molecule has 1 heterocycles. The minimum atomic E-state index is 0.112. The molecule has 0 saturated heterocycles. The van der Waals surface area contributed by atoms with Gasteiger partial charge in [0.2, 0.25) is 5.95 Å². The van der Waals surface area contributed by atoms with Crippen molar-refractivity contribution >= 4 is 22.9 Å². The van der Waals surface area contributed by atoms with Gasteiger partial charge in [0.05, 0.1) is 18.1 Å². The lowest BCUT2D eigenvalue weighted by atomic mass is 10.1. The fourth-order valence-electron chi connectivity index (χ4n) is 3.79. The van der Waals surface area contributed by atoms with E-state index in [0.717, 1.165) is 73.5 Å². The number of hydrogen-bond donors (Lipinski definition) is 1. The Labute approximate surface area is 191 Å². The van der Waals surface area contributed by atoms with Gasteiger partial charge in [-0.3, -0.25) is 4.79 Å². The van der Waals surface area contributed by atoms with Crippen LogP contribution in [0, 0.1) is 0 Å². The molecule has 1 N–H and O–H groups in total. The lowest BCUT2D eigenvalue weighted by molar-refractivity contribution is 0.0751. The van der Waals surface area contributed by atoms with Crippen molar-refractivity contribution in [2.24, 2.45) is 7.05 Å². The van der Waals surface area contributed by atoms with Crippen LogP contribution in [0.1, 0.15) is 56.3 Å². The van der Waals surface area contributed by atoms with Crippen LogP contribution in [0.15, 0.2) is 53.8 Å². The van der Waals surface area contributed by atoms with Gasteiger partial charge in [0.15, 0.2) is 0 Å². The summed E-state index contributed by atoms with van der Waals surface area (Å²) in [7, 11) is 3.67. The van der Waals surface area contributed by atoms with Crippen molar-refractivity contribution in [3.05, 3.63) is 59.4 Å². The number of hydrogen-bond acceptors (Lipinski definition) is 4. The zero-order chi connectivity index (χ0) is 22.9. The highest BCUT2D eigenvalue weighted by Gasteiger charge is 2.17. The first-order valence-corrected chi connectivity index (χ1v) is 11.7. The number of carbonyl (C=O) groups is 1. The largest absolute Gasteiger partial charge is 0.497 e. The van der Waals surface area contributed by atoms with Crippen LogP contribution in [0.4, 0.5) is 5.95 Å². The second kappa shape index (κ2) is 11.6. The molecular formula is C26H36N4O2. The molecule has 0 atom stereocenters. The predicted molar refractivity (Wildman–Crippen MR) is 132 cm³/mol. The fraction of sp³-hybridized carbons (Fsp3) is 0.462. The number of nitrogens with zero attached hydrogens (tertiary/aromatic N) is 3. The quantitative estimate of drug-likeness (QED) is 0.509. The van der Waals surface area contributed by atoms with Gasteiger partial charge in [-0.05, 0) is 55.2 Å². The normalized spacial score (nSPS) is 13.5. The first kappa shape index (κ1) is 23.6. The molecule has 172 valence electrons. The molecule has 6 nitrogen and oxygen atoms in total. The van der Waals surface area contributed by atoms with Crippen molar-refractivity contribution in [3.63, 3.8) is 0 Å². The molecule has 0 fully saturated rings. The summed E-state index contributed by atoms with van der Waals surface area (Å²) in [6.45, 7) is 6.64. The summed E-state index contributed by atoms with van der Waals surface area (Å²) in [5.74, 6) is 1.76. The molecule has 1 aromatic heterocycles. The number of ether oxygens (including phenoxy) is 1.